The van der Waals surface area contributed by atoms with Crippen molar-refractivity contribution in [1.82, 2.24) is 0 Å². The number of benzene rings is 1. The summed E-state index contributed by atoms with van der Waals surface area (Å²) < 4.78 is 6.54. The molecule has 10 heavy (non-hydrogen) atoms. The predicted molar refractivity (Wildman–Crippen MR) is 41.6 cm³/mol. The van der Waals surface area contributed by atoms with Crippen LogP contribution in [0.5, 0.6) is 0 Å². The zero-order valence-corrected chi connectivity index (χ0v) is 7.79. The van der Waals surface area contributed by atoms with Crippen molar-refractivity contribution in [2.45, 2.75) is 0 Å². The zero-order chi connectivity index (χ0) is 6.97. The van der Waals surface area contributed by atoms with Gasteiger partial charge in [0.2, 0.25) is 0 Å². The molecule has 2 aromatic rings. The van der Waals surface area contributed by atoms with E-state index in [2.05, 4.69) is 12.1 Å². The summed E-state index contributed by atoms with van der Waals surface area (Å²) in [4.78, 5) is 0. The molecule has 0 fully saturated rings. The van der Waals surface area contributed by atoms with E-state index in [0.29, 0.717) is 0 Å². The first kappa shape index (κ1) is 6.47. The maximum absolute atomic E-state index is 5.43. The molecule has 0 aliphatic carbocycles. The minimum absolute atomic E-state index is 0.996. The van der Waals surface area contributed by atoms with E-state index in [4.69, 9.17) is 4.42 Å². The summed E-state index contributed by atoms with van der Waals surface area (Å²) in [5.41, 5.74) is 1.01. The quantitative estimate of drug-likeness (QED) is 0.501. The van der Waals surface area contributed by atoms with Crippen molar-refractivity contribution in [2.24, 2.45) is 0 Å². The monoisotopic (exact) mass is 140 g/mol. The van der Waals surface area contributed by atoms with Crippen LogP contribution in [0.25, 0.3) is 11.0 Å². The van der Waals surface area contributed by atoms with Crippen LogP contribution < -0.4 is 3.01 Å². The zero-order valence-electron chi connectivity index (χ0n) is 5.79. The van der Waals surface area contributed by atoms with Crippen molar-refractivity contribution in [1.29, 1.82) is 0 Å². The Morgan fingerprint density at radius 2 is 2.00 bits per heavy atom. The average Bonchev–Trinajstić information content (AvgIpc) is 2.27. The Balaban J connectivity index is 2.88. The average molecular weight is 140 g/mol. The molecule has 1 nitrogen and oxygen atoms in total. The van der Waals surface area contributed by atoms with E-state index in [1.807, 2.05) is 18.2 Å². The molecule has 1 aromatic carbocycles. The van der Waals surface area contributed by atoms with Crippen LogP contribution in [0.2, 0.25) is 0 Å². The standard InChI is InChI=1S/C8H5O.Na/c1-2-4-8-7(3-1)5-6-9-8;/h1-5H;. The van der Waals surface area contributed by atoms with E-state index in [1.165, 1.54) is 5.39 Å². The molecule has 0 bridgehead atoms. The Bertz CT molecular complexity index is 318. The van der Waals surface area contributed by atoms with Crippen LogP contribution in [0, 0.1) is 0 Å². The Labute approximate surface area is 76.4 Å². The number of fused-ring (bicyclic) bond motifs is 1. The molecule has 0 N–H and O–H groups in total. The maximum atomic E-state index is 5.43. The van der Waals surface area contributed by atoms with Crippen LogP contribution in [0.1, 0.15) is 0 Å². The molecule has 2 rings (SSSR count). The van der Waals surface area contributed by atoms with E-state index >= 15 is 0 Å². The van der Waals surface area contributed by atoms with Crippen LogP contribution in [0.3, 0.4) is 0 Å². The van der Waals surface area contributed by atoms with Gasteiger partial charge in [-0.3, -0.25) is 0 Å². The molecule has 0 amide bonds. The van der Waals surface area contributed by atoms with Crippen molar-refractivity contribution < 1.29 is 4.42 Å². The summed E-state index contributed by atoms with van der Waals surface area (Å²) in [5, 5.41) is 1.22. The fourth-order valence-electron chi connectivity index (χ4n) is 1.11. The number of furan rings is 1. The number of hydrogen-bond donors (Lipinski definition) is 0. The summed E-state index contributed by atoms with van der Waals surface area (Å²) in [5.74, 6) is 0. The summed E-state index contributed by atoms with van der Waals surface area (Å²) >= 11 is 0.996. The minimum atomic E-state index is 0.996. The third-order valence-corrected chi connectivity index (χ3v) is 2.04. The second-order valence-electron chi connectivity index (χ2n) is 2.39. The molecule has 0 unspecified atom stereocenters. The van der Waals surface area contributed by atoms with Gasteiger partial charge in [-0.1, -0.05) is 0 Å². The molecule has 0 atom stereocenters. The van der Waals surface area contributed by atoms with E-state index in [9.17, 15) is 0 Å². The van der Waals surface area contributed by atoms with Gasteiger partial charge in [0.15, 0.2) is 0 Å². The van der Waals surface area contributed by atoms with Gasteiger partial charge in [-0.15, -0.1) is 0 Å². The summed E-state index contributed by atoms with van der Waals surface area (Å²) in [6, 6.07) is 10.2. The molecular weight excluding hydrogens is 135 g/mol. The van der Waals surface area contributed by atoms with E-state index in [1.54, 1.807) is 0 Å². The molecule has 0 radical (unpaired) electrons. The van der Waals surface area contributed by atoms with Crippen molar-refractivity contribution >= 4 is 41.9 Å². The van der Waals surface area contributed by atoms with Crippen LogP contribution in [-0.2, 0) is 0 Å². The number of rotatable bonds is 0. The molecule has 0 saturated heterocycles. The predicted octanol–water partition coefficient (Wildman–Crippen LogP) is 1.23. The van der Waals surface area contributed by atoms with Gasteiger partial charge >= 0.3 is 76.7 Å². The number of para-hydroxylation sites is 1. The van der Waals surface area contributed by atoms with E-state index in [-0.39, 0.29) is 0 Å². The van der Waals surface area contributed by atoms with Gasteiger partial charge in [-0.25, -0.2) is 0 Å². The summed E-state index contributed by atoms with van der Waals surface area (Å²) in [7, 11) is 0. The van der Waals surface area contributed by atoms with Crippen molar-refractivity contribution in [3.05, 3.63) is 30.3 Å². The number of hydrogen-bond acceptors (Lipinski definition) is 1. The van der Waals surface area contributed by atoms with E-state index < -0.39 is 0 Å². The molecule has 1 heterocycles. The van der Waals surface area contributed by atoms with E-state index in [0.717, 1.165) is 36.5 Å². The molecule has 1 aromatic heterocycles. The normalized spacial score (nSPS) is 10.6. The molecule has 0 aliphatic heterocycles. The van der Waals surface area contributed by atoms with Gasteiger partial charge in [-0.2, -0.15) is 0 Å². The van der Waals surface area contributed by atoms with Gasteiger partial charge < -0.3 is 0 Å². The first-order valence-electron chi connectivity index (χ1n) is 3.31. The molecule has 0 saturated carbocycles. The second-order valence-corrected chi connectivity index (χ2v) is 3.38. The van der Waals surface area contributed by atoms with Crippen LogP contribution in [-0.4, -0.2) is 27.9 Å². The van der Waals surface area contributed by atoms with Gasteiger partial charge in [0.25, 0.3) is 0 Å². The molecule has 44 valence electrons. The van der Waals surface area contributed by atoms with Crippen LogP contribution >= 0.6 is 0 Å². The fraction of sp³-hybridized carbons (Fsp3) is 0. The Morgan fingerprint density at radius 3 is 2.80 bits per heavy atom. The van der Waals surface area contributed by atoms with Gasteiger partial charge in [-0.05, 0) is 0 Å². The van der Waals surface area contributed by atoms with Crippen molar-refractivity contribution in [3.8, 4) is 0 Å². The Hall–Kier alpha value is -0.240. The third kappa shape index (κ3) is 1.01. The van der Waals surface area contributed by atoms with Crippen molar-refractivity contribution in [3.63, 3.8) is 0 Å². The fourth-order valence-corrected chi connectivity index (χ4v) is 1.65. The van der Waals surface area contributed by atoms with Crippen molar-refractivity contribution in [2.75, 3.05) is 0 Å². The third-order valence-electron chi connectivity index (χ3n) is 1.55. The van der Waals surface area contributed by atoms with Gasteiger partial charge in [0.05, 0.1) is 0 Å². The molecular formula is C8H5NaO. The van der Waals surface area contributed by atoms with Gasteiger partial charge in [0.1, 0.15) is 0 Å². The first-order chi connectivity index (χ1) is 4.86. The van der Waals surface area contributed by atoms with Gasteiger partial charge in [0, 0.05) is 0 Å². The Morgan fingerprint density at radius 1 is 1.20 bits per heavy atom. The molecule has 2 heteroatoms. The Kier molecular flexibility index (Phi) is 1.57. The summed E-state index contributed by atoms with van der Waals surface area (Å²) in [6.45, 7) is 0. The SMILES string of the molecule is [Na][c]1cc2ccccc2o1. The molecule has 0 spiro atoms. The van der Waals surface area contributed by atoms with Crippen LogP contribution in [0.4, 0.5) is 0 Å². The van der Waals surface area contributed by atoms with Crippen LogP contribution in [0.15, 0.2) is 34.7 Å². The first-order valence-corrected chi connectivity index (χ1v) is 4.31. The molecule has 0 aliphatic rings. The summed E-state index contributed by atoms with van der Waals surface area (Å²) in [6.07, 6.45) is 0. The topological polar surface area (TPSA) is 13.1 Å². The second kappa shape index (κ2) is 2.42.